The molecule has 188 valence electrons. The fraction of sp³-hybridized carbons (Fsp3) is 1.00. The second-order valence-electron chi connectivity index (χ2n) is 9.75. The molecule has 0 bridgehead atoms. The average molecular weight is 485 g/mol. The van der Waals surface area contributed by atoms with Gasteiger partial charge in [-0.05, 0) is 57.7 Å². The molecule has 32 heavy (non-hydrogen) atoms. The maximum atomic E-state index is 14.8. The third kappa shape index (κ3) is 5.94. The SMILES string of the molecule is CNC1C(CN)CCCC1NS(=O)(=O)C(CN)CNC1CC(C2(F)CC(F)(F)C2)CCN1. The Hall–Kier alpha value is -0.500. The zero-order chi connectivity index (χ0) is 23.6. The normalized spacial score (nSPS) is 35.8. The number of likely N-dealkylation sites (N-methyl/N-ethyl adjacent to an activating group) is 1. The van der Waals surface area contributed by atoms with E-state index in [0.717, 1.165) is 19.3 Å². The molecule has 3 aliphatic rings. The highest BCUT2D eigenvalue weighted by molar-refractivity contribution is 7.90. The fourth-order valence-corrected chi connectivity index (χ4v) is 7.11. The zero-order valence-corrected chi connectivity index (χ0v) is 19.6. The molecule has 8 N–H and O–H groups in total. The monoisotopic (exact) mass is 484 g/mol. The first-order chi connectivity index (χ1) is 15.0. The first kappa shape index (κ1) is 26.1. The van der Waals surface area contributed by atoms with Gasteiger partial charge in [-0.1, -0.05) is 6.42 Å². The standard InChI is InChI=1S/C20H39F3N6O2S/c1-26-18-13(8-24)3-2-4-16(18)29-32(30,31)15(9-25)10-28-17-7-14(5-6-27-17)19(21)11-20(22,23)12-19/h13-18,26-29H,2-12,24-25H2,1H3. The molecule has 6 unspecified atom stereocenters. The van der Waals surface area contributed by atoms with Crippen LogP contribution in [0.4, 0.5) is 13.2 Å². The minimum absolute atomic E-state index is 0.0444. The van der Waals surface area contributed by atoms with Gasteiger partial charge in [-0.2, -0.15) is 0 Å². The minimum atomic E-state index is -3.72. The predicted octanol–water partition coefficient (Wildman–Crippen LogP) is 0.00120. The van der Waals surface area contributed by atoms with Gasteiger partial charge in [0.2, 0.25) is 10.0 Å². The van der Waals surface area contributed by atoms with Crippen molar-refractivity contribution < 1.29 is 21.6 Å². The summed E-state index contributed by atoms with van der Waals surface area (Å²) >= 11 is 0. The minimum Gasteiger partial charge on any atom is -0.330 e. The first-order valence-electron chi connectivity index (χ1n) is 11.7. The van der Waals surface area contributed by atoms with Crippen LogP contribution in [0.3, 0.4) is 0 Å². The summed E-state index contributed by atoms with van der Waals surface area (Å²) in [5, 5.41) is 8.65. The number of nitrogens with two attached hydrogens (primary N) is 2. The smallest absolute Gasteiger partial charge is 0.254 e. The Morgan fingerprint density at radius 1 is 1.16 bits per heavy atom. The van der Waals surface area contributed by atoms with E-state index in [2.05, 4.69) is 20.7 Å². The first-order valence-corrected chi connectivity index (χ1v) is 13.2. The lowest BCUT2D eigenvalue weighted by molar-refractivity contribution is -0.196. The van der Waals surface area contributed by atoms with Crippen molar-refractivity contribution in [1.82, 2.24) is 20.7 Å². The Morgan fingerprint density at radius 2 is 1.88 bits per heavy atom. The van der Waals surface area contributed by atoms with Crippen LogP contribution in [-0.2, 0) is 10.0 Å². The van der Waals surface area contributed by atoms with Gasteiger partial charge >= 0.3 is 0 Å². The molecule has 1 heterocycles. The van der Waals surface area contributed by atoms with Gasteiger partial charge in [-0.3, -0.25) is 0 Å². The lowest BCUT2D eigenvalue weighted by Crippen LogP contribution is -2.60. The van der Waals surface area contributed by atoms with Gasteiger partial charge in [0.1, 0.15) is 10.9 Å². The molecule has 2 saturated carbocycles. The third-order valence-electron chi connectivity index (χ3n) is 7.52. The number of piperidine rings is 1. The summed E-state index contributed by atoms with van der Waals surface area (Å²) in [6.07, 6.45) is 1.61. The molecule has 0 radical (unpaired) electrons. The largest absolute Gasteiger partial charge is 0.330 e. The van der Waals surface area contributed by atoms with Crippen molar-refractivity contribution in [3.63, 3.8) is 0 Å². The molecule has 2 aliphatic carbocycles. The summed E-state index contributed by atoms with van der Waals surface area (Å²) in [4.78, 5) is 0. The van der Waals surface area contributed by atoms with Crippen LogP contribution in [0.15, 0.2) is 0 Å². The Kier molecular flexibility index (Phi) is 8.49. The van der Waals surface area contributed by atoms with Crippen molar-refractivity contribution in [2.75, 3.05) is 33.2 Å². The quantitative estimate of drug-likeness (QED) is 0.257. The van der Waals surface area contributed by atoms with E-state index in [0.29, 0.717) is 25.9 Å². The maximum absolute atomic E-state index is 14.8. The van der Waals surface area contributed by atoms with E-state index in [4.69, 9.17) is 11.5 Å². The third-order valence-corrected chi connectivity index (χ3v) is 9.39. The van der Waals surface area contributed by atoms with E-state index in [1.54, 1.807) is 0 Å². The number of nitrogens with one attached hydrogen (secondary N) is 4. The summed E-state index contributed by atoms with van der Waals surface area (Å²) < 4.78 is 70.2. The molecule has 8 nitrogen and oxygen atoms in total. The average Bonchev–Trinajstić information content (AvgIpc) is 2.72. The number of halogens is 3. The zero-order valence-electron chi connectivity index (χ0n) is 18.8. The van der Waals surface area contributed by atoms with E-state index in [1.807, 2.05) is 7.05 Å². The number of rotatable bonds is 10. The van der Waals surface area contributed by atoms with Crippen LogP contribution in [0.5, 0.6) is 0 Å². The van der Waals surface area contributed by atoms with Crippen LogP contribution in [0.1, 0.15) is 44.9 Å². The van der Waals surface area contributed by atoms with Crippen LogP contribution < -0.4 is 32.1 Å². The Balaban J connectivity index is 1.55. The Bertz CT molecular complexity index is 720. The highest BCUT2D eigenvalue weighted by atomic mass is 32.2. The molecule has 0 aromatic rings. The van der Waals surface area contributed by atoms with Gasteiger partial charge in [0.15, 0.2) is 0 Å². The maximum Gasteiger partial charge on any atom is 0.254 e. The molecule has 0 spiro atoms. The van der Waals surface area contributed by atoms with E-state index >= 15 is 0 Å². The second kappa shape index (κ2) is 10.4. The summed E-state index contributed by atoms with van der Waals surface area (Å²) in [7, 11) is -1.91. The molecule has 1 aliphatic heterocycles. The molecule has 1 saturated heterocycles. The van der Waals surface area contributed by atoms with E-state index < -0.39 is 45.6 Å². The molecule has 0 amide bonds. The van der Waals surface area contributed by atoms with Gasteiger partial charge in [-0.15, -0.1) is 0 Å². The Morgan fingerprint density at radius 3 is 2.47 bits per heavy atom. The molecule has 0 aromatic carbocycles. The molecule has 0 aromatic heterocycles. The molecular formula is C20H39F3N6O2S. The van der Waals surface area contributed by atoms with Crippen molar-refractivity contribution >= 4 is 10.0 Å². The van der Waals surface area contributed by atoms with Crippen molar-refractivity contribution in [2.45, 2.75) is 80.0 Å². The van der Waals surface area contributed by atoms with E-state index in [9.17, 15) is 21.6 Å². The molecule has 6 atom stereocenters. The van der Waals surface area contributed by atoms with Crippen molar-refractivity contribution in [3.05, 3.63) is 0 Å². The topological polar surface area (TPSA) is 134 Å². The van der Waals surface area contributed by atoms with Crippen LogP contribution in [0, 0.1) is 11.8 Å². The van der Waals surface area contributed by atoms with Crippen LogP contribution in [0.2, 0.25) is 0 Å². The fourth-order valence-electron chi connectivity index (χ4n) is 5.66. The Labute approximate surface area is 189 Å². The van der Waals surface area contributed by atoms with E-state index in [1.165, 1.54) is 0 Å². The van der Waals surface area contributed by atoms with Gasteiger partial charge in [0, 0.05) is 38.0 Å². The molecule has 12 heteroatoms. The summed E-state index contributed by atoms with van der Waals surface area (Å²) in [6, 6.07) is -0.303. The van der Waals surface area contributed by atoms with Crippen molar-refractivity contribution in [3.8, 4) is 0 Å². The predicted molar refractivity (Wildman–Crippen MR) is 118 cm³/mol. The second-order valence-corrected chi connectivity index (χ2v) is 11.7. The number of hydrogen-bond donors (Lipinski definition) is 6. The number of hydrogen-bond acceptors (Lipinski definition) is 7. The van der Waals surface area contributed by atoms with Gasteiger partial charge in [-0.25, -0.2) is 26.3 Å². The van der Waals surface area contributed by atoms with Crippen LogP contribution in [0.25, 0.3) is 0 Å². The highest BCUT2D eigenvalue weighted by Gasteiger charge is 2.61. The van der Waals surface area contributed by atoms with Crippen molar-refractivity contribution in [1.29, 1.82) is 0 Å². The summed E-state index contributed by atoms with van der Waals surface area (Å²) in [6.45, 7) is 0.990. The lowest BCUT2D eigenvalue weighted by atomic mass is 9.67. The van der Waals surface area contributed by atoms with Gasteiger partial charge in [0.25, 0.3) is 5.92 Å². The summed E-state index contributed by atoms with van der Waals surface area (Å²) in [5.41, 5.74) is 9.82. The summed E-state index contributed by atoms with van der Waals surface area (Å²) in [5.74, 6) is -3.19. The molecular weight excluding hydrogens is 445 g/mol. The van der Waals surface area contributed by atoms with Gasteiger partial charge in [0.05, 0.1) is 6.17 Å². The highest BCUT2D eigenvalue weighted by Crippen LogP contribution is 2.54. The number of sulfonamides is 1. The number of alkyl halides is 3. The molecule has 3 rings (SSSR count). The van der Waals surface area contributed by atoms with Crippen molar-refractivity contribution in [2.24, 2.45) is 23.3 Å². The lowest BCUT2D eigenvalue weighted by Gasteiger charge is -2.48. The van der Waals surface area contributed by atoms with Gasteiger partial charge < -0.3 is 27.4 Å². The van der Waals surface area contributed by atoms with Crippen LogP contribution in [-0.4, -0.2) is 76.7 Å². The van der Waals surface area contributed by atoms with E-state index in [-0.39, 0.29) is 37.3 Å². The van der Waals surface area contributed by atoms with Crippen LogP contribution >= 0.6 is 0 Å². The molecule has 3 fully saturated rings.